The number of benzene rings is 1. The summed E-state index contributed by atoms with van der Waals surface area (Å²) in [5.74, 6) is 2.54. The highest BCUT2D eigenvalue weighted by atomic mass is 16.6. The Bertz CT molecular complexity index is 911. The molecule has 0 spiro atoms. The van der Waals surface area contributed by atoms with E-state index < -0.39 is 6.10 Å². The van der Waals surface area contributed by atoms with Gasteiger partial charge in [0.05, 0.1) is 0 Å². The third-order valence-corrected chi connectivity index (χ3v) is 5.58. The molecule has 1 amide bonds. The number of rotatable bonds is 4. The summed E-state index contributed by atoms with van der Waals surface area (Å²) in [4.78, 5) is 26.8. The number of piperidine rings is 1. The van der Waals surface area contributed by atoms with Gasteiger partial charge < -0.3 is 14.4 Å². The molecule has 2 aliphatic heterocycles. The molecule has 0 bridgehead atoms. The second-order valence-corrected chi connectivity index (χ2v) is 7.40. The Hall–Kier alpha value is -2.77. The van der Waals surface area contributed by atoms with Crippen LogP contribution in [0.4, 0.5) is 0 Å². The van der Waals surface area contributed by atoms with Gasteiger partial charge in [0.1, 0.15) is 12.4 Å². The first-order valence-electron chi connectivity index (χ1n) is 9.86. The molecule has 0 saturated carbocycles. The average Bonchev–Trinajstić information content (AvgIpc) is 3.00. The van der Waals surface area contributed by atoms with Crippen molar-refractivity contribution in [1.82, 2.24) is 19.2 Å². The SMILES string of the molecule is CCn1c(CC2CCN(C(=O)[C@@H]3COc4ccccc4O3)CC2)nn(C)c1=O. The van der Waals surface area contributed by atoms with Crippen LogP contribution in [-0.4, -0.2) is 51.0 Å². The first kappa shape index (κ1) is 18.6. The van der Waals surface area contributed by atoms with Crippen LogP contribution in [0.2, 0.25) is 0 Å². The minimum Gasteiger partial charge on any atom is -0.485 e. The van der Waals surface area contributed by atoms with Crippen molar-refractivity contribution >= 4 is 5.91 Å². The molecule has 1 fully saturated rings. The number of fused-ring (bicyclic) bond motifs is 1. The van der Waals surface area contributed by atoms with E-state index in [1.807, 2.05) is 36.1 Å². The molecule has 8 heteroatoms. The van der Waals surface area contributed by atoms with Crippen molar-refractivity contribution in [3.63, 3.8) is 0 Å². The highest BCUT2D eigenvalue weighted by Crippen LogP contribution is 2.31. The summed E-state index contributed by atoms with van der Waals surface area (Å²) >= 11 is 0. The van der Waals surface area contributed by atoms with Crippen LogP contribution in [0.15, 0.2) is 29.1 Å². The van der Waals surface area contributed by atoms with Gasteiger partial charge in [0, 0.05) is 33.1 Å². The Labute approximate surface area is 163 Å². The number of amides is 1. The lowest BCUT2D eigenvalue weighted by molar-refractivity contribution is -0.142. The van der Waals surface area contributed by atoms with Gasteiger partial charge in [-0.3, -0.25) is 9.36 Å². The van der Waals surface area contributed by atoms with Crippen LogP contribution >= 0.6 is 0 Å². The van der Waals surface area contributed by atoms with E-state index in [0.717, 1.165) is 25.1 Å². The van der Waals surface area contributed by atoms with Gasteiger partial charge in [0.25, 0.3) is 5.91 Å². The van der Waals surface area contributed by atoms with E-state index >= 15 is 0 Å². The van der Waals surface area contributed by atoms with E-state index in [2.05, 4.69) is 5.10 Å². The molecule has 2 aromatic rings. The Morgan fingerprint density at radius 2 is 1.93 bits per heavy atom. The molecule has 28 heavy (non-hydrogen) atoms. The summed E-state index contributed by atoms with van der Waals surface area (Å²) in [6.45, 7) is 4.20. The smallest absolute Gasteiger partial charge is 0.345 e. The number of carbonyl (C=O) groups excluding carboxylic acids is 1. The zero-order chi connectivity index (χ0) is 19.7. The van der Waals surface area contributed by atoms with Gasteiger partial charge >= 0.3 is 5.69 Å². The maximum absolute atomic E-state index is 12.8. The largest absolute Gasteiger partial charge is 0.485 e. The van der Waals surface area contributed by atoms with Crippen LogP contribution in [0.3, 0.4) is 0 Å². The van der Waals surface area contributed by atoms with Gasteiger partial charge in [-0.1, -0.05) is 12.1 Å². The lowest BCUT2D eigenvalue weighted by atomic mass is 9.93. The standard InChI is InChI=1S/C20H26N4O4/c1-3-24-18(21-22(2)20(24)26)12-14-8-10-23(11-9-14)19(25)17-13-27-15-6-4-5-7-16(15)28-17/h4-7,14,17H,3,8-13H2,1-2H3/t17-/m0/s1. The van der Waals surface area contributed by atoms with E-state index in [1.54, 1.807) is 11.6 Å². The third-order valence-electron chi connectivity index (χ3n) is 5.58. The number of aryl methyl sites for hydroxylation is 1. The number of nitrogens with zero attached hydrogens (tertiary/aromatic N) is 4. The molecule has 2 aliphatic rings. The first-order valence-corrected chi connectivity index (χ1v) is 9.86. The number of carbonyl (C=O) groups is 1. The first-order chi connectivity index (χ1) is 13.6. The van der Waals surface area contributed by atoms with Crippen LogP contribution < -0.4 is 15.2 Å². The fourth-order valence-electron chi connectivity index (χ4n) is 3.98. The molecule has 0 radical (unpaired) electrons. The number of hydrogen-bond donors (Lipinski definition) is 0. The predicted molar refractivity (Wildman–Crippen MR) is 103 cm³/mol. The van der Waals surface area contributed by atoms with Crippen molar-refractivity contribution in [1.29, 1.82) is 0 Å². The topological polar surface area (TPSA) is 78.6 Å². The summed E-state index contributed by atoms with van der Waals surface area (Å²) in [6, 6.07) is 7.42. The Kier molecular flexibility index (Phi) is 5.11. The van der Waals surface area contributed by atoms with Gasteiger partial charge in [0.15, 0.2) is 11.5 Å². The van der Waals surface area contributed by atoms with Crippen molar-refractivity contribution in [3.8, 4) is 11.5 Å². The van der Waals surface area contributed by atoms with Crippen LogP contribution in [-0.2, 0) is 24.8 Å². The third kappa shape index (κ3) is 3.50. The highest BCUT2D eigenvalue weighted by Gasteiger charge is 2.33. The number of hydrogen-bond acceptors (Lipinski definition) is 5. The van der Waals surface area contributed by atoms with Crippen LogP contribution in [0.5, 0.6) is 11.5 Å². The maximum Gasteiger partial charge on any atom is 0.345 e. The van der Waals surface area contributed by atoms with Gasteiger partial charge in [-0.25, -0.2) is 9.48 Å². The van der Waals surface area contributed by atoms with Crippen molar-refractivity contribution < 1.29 is 14.3 Å². The maximum atomic E-state index is 12.8. The molecule has 8 nitrogen and oxygen atoms in total. The van der Waals surface area contributed by atoms with E-state index in [1.165, 1.54) is 4.68 Å². The molecular weight excluding hydrogens is 360 g/mol. The number of para-hydroxylation sites is 2. The molecule has 1 aromatic heterocycles. The molecule has 0 unspecified atom stereocenters. The number of ether oxygens (including phenoxy) is 2. The molecule has 1 saturated heterocycles. The number of aromatic nitrogens is 3. The van der Waals surface area contributed by atoms with Gasteiger partial charge in [-0.2, -0.15) is 5.10 Å². The van der Waals surface area contributed by atoms with Crippen molar-refractivity contribution in [2.24, 2.45) is 13.0 Å². The van der Waals surface area contributed by atoms with Crippen LogP contribution in [0, 0.1) is 5.92 Å². The van der Waals surface area contributed by atoms with E-state index in [9.17, 15) is 9.59 Å². The fraction of sp³-hybridized carbons (Fsp3) is 0.550. The zero-order valence-corrected chi connectivity index (χ0v) is 16.3. The van der Waals surface area contributed by atoms with Crippen LogP contribution in [0.1, 0.15) is 25.6 Å². The van der Waals surface area contributed by atoms with E-state index in [-0.39, 0.29) is 18.2 Å². The van der Waals surface area contributed by atoms with Crippen molar-refractivity contribution in [2.45, 2.75) is 38.8 Å². The monoisotopic (exact) mass is 386 g/mol. The Morgan fingerprint density at radius 3 is 2.64 bits per heavy atom. The lowest BCUT2D eigenvalue weighted by Gasteiger charge is -2.35. The van der Waals surface area contributed by atoms with Gasteiger partial charge in [-0.15, -0.1) is 0 Å². The van der Waals surface area contributed by atoms with Gasteiger partial charge in [-0.05, 0) is 37.8 Å². The van der Waals surface area contributed by atoms with Crippen molar-refractivity contribution in [2.75, 3.05) is 19.7 Å². The normalized spacial score (nSPS) is 19.6. The molecule has 150 valence electrons. The predicted octanol–water partition coefficient (Wildman–Crippen LogP) is 1.22. The lowest BCUT2D eigenvalue weighted by Crippen LogP contribution is -2.49. The second kappa shape index (κ2) is 7.69. The Morgan fingerprint density at radius 1 is 1.21 bits per heavy atom. The summed E-state index contributed by atoms with van der Waals surface area (Å²) < 4.78 is 14.6. The fourth-order valence-corrected chi connectivity index (χ4v) is 3.98. The number of likely N-dealkylation sites (tertiary alicyclic amines) is 1. The molecule has 0 N–H and O–H groups in total. The Balaban J connectivity index is 1.34. The summed E-state index contributed by atoms with van der Waals surface area (Å²) in [7, 11) is 1.68. The van der Waals surface area contributed by atoms with Crippen LogP contribution in [0.25, 0.3) is 0 Å². The highest BCUT2D eigenvalue weighted by molar-refractivity contribution is 5.82. The summed E-state index contributed by atoms with van der Waals surface area (Å²) in [5.41, 5.74) is -0.0696. The second-order valence-electron chi connectivity index (χ2n) is 7.40. The minimum atomic E-state index is -0.590. The average molecular weight is 386 g/mol. The minimum absolute atomic E-state index is 0.0174. The summed E-state index contributed by atoms with van der Waals surface area (Å²) in [5, 5.41) is 4.37. The zero-order valence-electron chi connectivity index (χ0n) is 16.3. The summed E-state index contributed by atoms with van der Waals surface area (Å²) in [6.07, 6.45) is 1.96. The molecule has 3 heterocycles. The molecule has 1 aromatic carbocycles. The molecule has 4 rings (SSSR count). The quantitative estimate of drug-likeness (QED) is 0.790. The molecular formula is C20H26N4O4. The van der Waals surface area contributed by atoms with Gasteiger partial charge in [0.2, 0.25) is 6.10 Å². The van der Waals surface area contributed by atoms with E-state index in [4.69, 9.17) is 9.47 Å². The molecule has 0 aliphatic carbocycles. The molecule has 1 atom stereocenters. The van der Waals surface area contributed by atoms with E-state index in [0.29, 0.717) is 37.1 Å². The van der Waals surface area contributed by atoms with Crippen molar-refractivity contribution in [3.05, 3.63) is 40.6 Å².